The van der Waals surface area contributed by atoms with Gasteiger partial charge in [0, 0.05) is 17.1 Å². The van der Waals surface area contributed by atoms with Crippen LogP contribution in [0.2, 0.25) is 5.02 Å². The van der Waals surface area contributed by atoms with Crippen LogP contribution in [0.4, 0.5) is 4.79 Å². The number of aromatic hydroxyl groups is 1. The standard InChI is InChI=1S/C29H32ClNO5/c1-29(2,3)36-28(34)31(18-27(33)20-6-4-7-22(30)14-20)23-12-10-19-11-13-26(16-21(19)15-23)35-25-9-5-8-24(32)17-25/h4-9,11,13-14,16-17,23,27,32-33H,10,12,15,18H2,1-3H3/t23-,27-/m0/s1. The fourth-order valence-electron chi connectivity index (χ4n) is 4.43. The van der Waals surface area contributed by atoms with Crippen LogP contribution >= 0.6 is 11.6 Å². The molecule has 36 heavy (non-hydrogen) atoms. The quantitative estimate of drug-likeness (QED) is 0.388. The number of benzene rings is 3. The minimum atomic E-state index is -0.905. The summed E-state index contributed by atoms with van der Waals surface area (Å²) in [6.45, 7) is 5.58. The Labute approximate surface area is 217 Å². The zero-order valence-corrected chi connectivity index (χ0v) is 21.5. The van der Waals surface area contributed by atoms with E-state index in [2.05, 4.69) is 0 Å². The van der Waals surface area contributed by atoms with Gasteiger partial charge in [-0.05, 0) is 93.1 Å². The number of fused-ring (bicyclic) bond motifs is 1. The maximum Gasteiger partial charge on any atom is 0.410 e. The van der Waals surface area contributed by atoms with Crippen molar-refractivity contribution in [1.82, 2.24) is 4.90 Å². The average molecular weight is 510 g/mol. The highest BCUT2D eigenvalue weighted by molar-refractivity contribution is 6.30. The molecule has 0 aliphatic heterocycles. The SMILES string of the molecule is CC(C)(C)OC(=O)N(C[C@H](O)c1cccc(Cl)c1)[C@H]1CCc2ccc(Oc3cccc(O)c3)cc2C1. The number of carbonyl (C=O) groups is 1. The van der Waals surface area contributed by atoms with Gasteiger partial charge in [-0.1, -0.05) is 35.9 Å². The fraction of sp³-hybridized carbons (Fsp3) is 0.345. The highest BCUT2D eigenvalue weighted by Gasteiger charge is 2.33. The molecule has 0 spiro atoms. The predicted octanol–water partition coefficient (Wildman–Crippen LogP) is 6.67. The smallest absolute Gasteiger partial charge is 0.410 e. The number of hydrogen-bond acceptors (Lipinski definition) is 5. The molecule has 2 N–H and O–H groups in total. The first-order valence-electron chi connectivity index (χ1n) is 12.1. The number of phenolic OH excluding ortho intramolecular Hbond substituents is 1. The minimum absolute atomic E-state index is 0.0920. The van der Waals surface area contributed by atoms with E-state index in [4.69, 9.17) is 21.1 Å². The van der Waals surface area contributed by atoms with Gasteiger partial charge in [0.25, 0.3) is 0 Å². The van der Waals surface area contributed by atoms with Gasteiger partial charge in [0.2, 0.25) is 0 Å². The van der Waals surface area contributed by atoms with E-state index in [1.54, 1.807) is 53.4 Å². The number of aliphatic hydroxyl groups excluding tert-OH is 1. The van der Waals surface area contributed by atoms with Crippen LogP contribution in [0, 0.1) is 0 Å². The Hall–Kier alpha value is -3.22. The van der Waals surface area contributed by atoms with Crippen LogP contribution in [0.5, 0.6) is 17.2 Å². The second-order valence-corrected chi connectivity index (χ2v) is 10.6. The molecule has 0 fully saturated rings. The first kappa shape index (κ1) is 25.9. The summed E-state index contributed by atoms with van der Waals surface area (Å²) >= 11 is 6.12. The first-order valence-corrected chi connectivity index (χ1v) is 12.5. The summed E-state index contributed by atoms with van der Waals surface area (Å²) in [5.41, 5.74) is 2.27. The third-order valence-electron chi connectivity index (χ3n) is 6.11. The number of ether oxygens (including phenoxy) is 2. The molecule has 4 rings (SSSR count). The van der Waals surface area contributed by atoms with Crippen molar-refractivity contribution in [2.75, 3.05) is 6.54 Å². The molecule has 2 atom stereocenters. The number of carbonyl (C=O) groups excluding carboxylic acids is 1. The molecular formula is C29H32ClNO5. The number of nitrogens with zero attached hydrogens (tertiary/aromatic N) is 1. The zero-order chi connectivity index (χ0) is 25.9. The maximum atomic E-state index is 13.3. The highest BCUT2D eigenvalue weighted by Crippen LogP contribution is 2.32. The molecule has 0 heterocycles. The number of aryl methyl sites for hydroxylation is 1. The summed E-state index contributed by atoms with van der Waals surface area (Å²) < 4.78 is 11.7. The van der Waals surface area contributed by atoms with Crippen molar-refractivity contribution in [1.29, 1.82) is 0 Å². The van der Waals surface area contributed by atoms with Crippen LogP contribution < -0.4 is 4.74 Å². The van der Waals surface area contributed by atoms with Gasteiger partial charge in [-0.3, -0.25) is 0 Å². The lowest BCUT2D eigenvalue weighted by atomic mass is 9.87. The first-order chi connectivity index (χ1) is 17.1. The van der Waals surface area contributed by atoms with Crippen LogP contribution in [-0.2, 0) is 17.6 Å². The van der Waals surface area contributed by atoms with E-state index in [1.165, 1.54) is 5.56 Å². The van der Waals surface area contributed by atoms with Crippen LogP contribution in [0.15, 0.2) is 66.7 Å². The van der Waals surface area contributed by atoms with E-state index in [1.807, 2.05) is 39.0 Å². The molecule has 190 valence electrons. The Morgan fingerprint density at radius 1 is 1.06 bits per heavy atom. The molecule has 7 heteroatoms. The summed E-state index contributed by atoms with van der Waals surface area (Å²) in [4.78, 5) is 14.9. The fourth-order valence-corrected chi connectivity index (χ4v) is 4.62. The monoisotopic (exact) mass is 509 g/mol. The van der Waals surface area contributed by atoms with Crippen LogP contribution in [0.3, 0.4) is 0 Å². The second kappa shape index (κ2) is 10.8. The molecule has 0 saturated carbocycles. The van der Waals surface area contributed by atoms with Gasteiger partial charge in [0.1, 0.15) is 22.8 Å². The van der Waals surface area contributed by atoms with E-state index >= 15 is 0 Å². The Morgan fingerprint density at radius 3 is 2.53 bits per heavy atom. The van der Waals surface area contributed by atoms with E-state index in [9.17, 15) is 15.0 Å². The zero-order valence-electron chi connectivity index (χ0n) is 20.8. The van der Waals surface area contributed by atoms with Gasteiger partial charge in [-0.25, -0.2) is 4.79 Å². The van der Waals surface area contributed by atoms with Crippen molar-refractivity contribution < 1.29 is 24.5 Å². The summed E-state index contributed by atoms with van der Waals surface area (Å²) in [5, 5.41) is 21.2. The Balaban J connectivity index is 1.56. The number of phenols is 1. The molecule has 0 saturated heterocycles. The van der Waals surface area contributed by atoms with Crippen molar-refractivity contribution in [3.8, 4) is 17.2 Å². The Bertz CT molecular complexity index is 1220. The van der Waals surface area contributed by atoms with Gasteiger partial charge >= 0.3 is 6.09 Å². The number of amides is 1. The van der Waals surface area contributed by atoms with Gasteiger partial charge in [0.05, 0.1) is 12.6 Å². The maximum absolute atomic E-state index is 13.3. The molecule has 0 unspecified atom stereocenters. The molecule has 1 amide bonds. The predicted molar refractivity (Wildman–Crippen MR) is 140 cm³/mol. The average Bonchev–Trinajstić information content (AvgIpc) is 2.81. The summed E-state index contributed by atoms with van der Waals surface area (Å²) in [6, 6.07) is 19.5. The molecule has 6 nitrogen and oxygen atoms in total. The summed E-state index contributed by atoms with van der Waals surface area (Å²) in [5.74, 6) is 1.34. The van der Waals surface area contributed by atoms with E-state index in [0.717, 1.165) is 18.4 Å². The molecule has 0 bridgehead atoms. The molecular weight excluding hydrogens is 478 g/mol. The molecule has 0 radical (unpaired) electrons. The topological polar surface area (TPSA) is 79.2 Å². The van der Waals surface area contributed by atoms with Gasteiger partial charge in [-0.15, -0.1) is 0 Å². The second-order valence-electron chi connectivity index (χ2n) is 10.1. The number of hydrogen-bond donors (Lipinski definition) is 2. The number of halogens is 1. The number of rotatable bonds is 6. The lowest BCUT2D eigenvalue weighted by Crippen LogP contribution is -2.47. The highest BCUT2D eigenvalue weighted by atomic mass is 35.5. The van der Waals surface area contributed by atoms with Crippen molar-refractivity contribution >= 4 is 17.7 Å². The summed E-state index contributed by atoms with van der Waals surface area (Å²) in [6.07, 6.45) is 0.788. The van der Waals surface area contributed by atoms with Crippen LogP contribution in [-0.4, -0.2) is 39.4 Å². The van der Waals surface area contributed by atoms with E-state index in [0.29, 0.717) is 28.5 Å². The van der Waals surface area contributed by atoms with Crippen molar-refractivity contribution in [3.63, 3.8) is 0 Å². The third-order valence-corrected chi connectivity index (χ3v) is 6.34. The van der Waals surface area contributed by atoms with E-state index < -0.39 is 17.8 Å². The van der Waals surface area contributed by atoms with Gasteiger partial charge in [-0.2, -0.15) is 0 Å². The lowest BCUT2D eigenvalue weighted by Gasteiger charge is -2.37. The van der Waals surface area contributed by atoms with E-state index in [-0.39, 0.29) is 18.3 Å². The van der Waals surface area contributed by atoms with Crippen molar-refractivity contribution in [2.24, 2.45) is 0 Å². The molecule has 3 aromatic carbocycles. The summed E-state index contributed by atoms with van der Waals surface area (Å²) in [7, 11) is 0. The molecule has 1 aliphatic rings. The normalized spacial score (nSPS) is 16.1. The molecule has 3 aromatic rings. The van der Waals surface area contributed by atoms with Crippen molar-refractivity contribution in [3.05, 3.63) is 88.4 Å². The largest absolute Gasteiger partial charge is 0.508 e. The number of aliphatic hydroxyl groups is 1. The van der Waals surface area contributed by atoms with Gasteiger partial charge < -0.3 is 24.6 Å². The van der Waals surface area contributed by atoms with Crippen molar-refractivity contribution in [2.45, 2.75) is 57.8 Å². The van der Waals surface area contributed by atoms with Crippen LogP contribution in [0.25, 0.3) is 0 Å². The minimum Gasteiger partial charge on any atom is -0.508 e. The van der Waals surface area contributed by atoms with Crippen LogP contribution in [0.1, 0.15) is 50.0 Å². The third kappa shape index (κ3) is 6.71. The lowest BCUT2D eigenvalue weighted by molar-refractivity contribution is 0.00195. The Morgan fingerprint density at radius 2 is 1.81 bits per heavy atom. The Kier molecular flexibility index (Phi) is 7.76. The molecule has 0 aromatic heterocycles. The molecule has 1 aliphatic carbocycles. The van der Waals surface area contributed by atoms with Gasteiger partial charge in [0.15, 0.2) is 0 Å².